The maximum Gasteiger partial charge on any atom is 0.0902 e. The van der Waals surface area contributed by atoms with E-state index < -0.39 is 0 Å². The Hall–Kier alpha value is -4.21. The number of thiophene rings is 1. The normalized spacial score (nSPS) is 12.1. The van der Waals surface area contributed by atoms with Gasteiger partial charge in [-0.15, -0.1) is 11.3 Å². The summed E-state index contributed by atoms with van der Waals surface area (Å²) in [5, 5.41) is 8.81. The summed E-state index contributed by atoms with van der Waals surface area (Å²) in [4.78, 5) is 5.07. The van der Waals surface area contributed by atoms with Gasteiger partial charge in [-0.3, -0.25) is 4.98 Å². The third-order valence-corrected chi connectivity index (χ3v) is 8.27. The summed E-state index contributed by atoms with van der Waals surface area (Å²) in [5.41, 5.74) is 4.68. The first-order valence-corrected chi connectivity index (χ1v) is 12.3. The van der Waals surface area contributed by atoms with Crippen LogP contribution in [0, 0.1) is 0 Å². The van der Waals surface area contributed by atoms with Gasteiger partial charge in [0, 0.05) is 43.5 Å². The Labute approximate surface area is 199 Å². The van der Waals surface area contributed by atoms with E-state index in [0.717, 1.165) is 5.52 Å². The predicted molar refractivity (Wildman–Crippen MR) is 146 cm³/mol. The summed E-state index contributed by atoms with van der Waals surface area (Å²) < 4.78 is 4.99. The molecule has 0 fully saturated rings. The zero-order valence-electron chi connectivity index (χ0n) is 18.2. The van der Waals surface area contributed by atoms with Gasteiger partial charge in [0.25, 0.3) is 0 Å². The number of hydrogen-bond acceptors (Lipinski definition) is 2. The molecule has 3 aromatic heterocycles. The van der Waals surface area contributed by atoms with Crippen LogP contribution < -0.4 is 0 Å². The first-order chi connectivity index (χ1) is 16.9. The Kier molecular flexibility index (Phi) is 3.57. The standard InChI is InChI=1S/C31H18N2S/c1-2-9-20(10-3-1)33-27-13-7-6-12-22(27)26-18-32-28-25(29(26)33)17-16-24-23-15-14-19-8-4-5-11-21(19)30(23)34-31(24)28/h1-18H. The molecule has 3 heterocycles. The Morgan fingerprint density at radius 1 is 0.529 bits per heavy atom. The third kappa shape index (κ3) is 2.32. The molecular formula is C31H18N2S. The topological polar surface area (TPSA) is 17.8 Å². The van der Waals surface area contributed by atoms with E-state index in [-0.39, 0.29) is 0 Å². The fourth-order valence-electron chi connectivity index (χ4n) is 5.51. The highest BCUT2D eigenvalue weighted by Gasteiger charge is 2.18. The molecule has 2 nitrogen and oxygen atoms in total. The molecule has 0 N–H and O–H groups in total. The molecule has 0 bridgehead atoms. The molecule has 34 heavy (non-hydrogen) atoms. The van der Waals surface area contributed by atoms with Crippen LogP contribution in [0.1, 0.15) is 0 Å². The SMILES string of the molecule is c1ccc(-n2c3ccccc3c3cnc4c(ccc5c6ccc7ccccc7c6sc54)c32)cc1. The van der Waals surface area contributed by atoms with E-state index in [2.05, 4.69) is 114 Å². The van der Waals surface area contributed by atoms with E-state index in [1.165, 1.54) is 63.8 Å². The van der Waals surface area contributed by atoms with Gasteiger partial charge in [0.05, 0.1) is 21.3 Å². The van der Waals surface area contributed by atoms with E-state index in [0.29, 0.717) is 0 Å². The van der Waals surface area contributed by atoms with Gasteiger partial charge < -0.3 is 4.57 Å². The smallest absolute Gasteiger partial charge is 0.0902 e. The lowest BCUT2D eigenvalue weighted by molar-refractivity contribution is 1.18. The van der Waals surface area contributed by atoms with Gasteiger partial charge in [-0.2, -0.15) is 0 Å². The lowest BCUT2D eigenvalue weighted by Gasteiger charge is -2.09. The predicted octanol–water partition coefficient (Wildman–Crippen LogP) is 8.85. The highest BCUT2D eigenvalue weighted by atomic mass is 32.1. The number of hydrogen-bond donors (Lipinski definition) is 0. The van der Waals surface area contributed by atoms with E-state index in [9.17, 15) is 0 Å². The van der Waals surface area contributed by atoms with Crippen molar-refractivity contribution in [3.8, 4) is 5.69 Å². The van der Waals surface area contributed by atoms with E-state index in [1.807, 2.05) is 11.3 Å². The molecule has 0 saturated carbocycles. The average molecular weight is 451 g/mol. The van der Waals surface area contributed by atoms with Crippen LogP contribution in [0.3, 0.4) is 0 Å². The second kappa shape index (κ2) is 6.66. The molecule has 8 rings (SSSR count). The molecule has 5 aromatic carbocycles. The molecule has 8 aromatic rings. The molecule has 0 spiro atoms. The van der Waals surface area contributed by atoms with Crippen LogP contribution in [0.2, 0.25) is 0 Å². The molecule has 0 unspecified atom stereocenters. The van der Waals surface area contributed by atoms with Gasteiger partial charge in [0.2, 0.25) is 0 Å². The largest absolute Gasteiger partial charge is 0.309 e. The lowest BCUT2D eigenvalue weighted by atomic mass is 10.0. The second-order valence-corrected chi connectivity index (χ2v) is 9.83. The second-order valence-electron chi connectivity index (χ2n) is 8.81. The minimum absolute atomic E-state index is 1.08. The van der Waals surface area contributed by atoms with Crippen molar-refractivity contribution < 1.29 is 0 Å². The fraction of sp³-hybridized carbons (Fsp3) is 0. The Morgan fingerprint density at radius 3 is 2.15 bits per heavy atom. The molecule has 0 amide bonds. The van der Waals surface area contributed by atoms with Gasteiger partial charge in [-0.1, -0.05) is 78.9 Å². The van der Waals surface area contributed by atoms with Gasteiger partial charge >= 0.3 is 0 Å². The molecule has 0 saturated heterocycles. The van der Waals surface area contributed by atoms with Gasteiger partial charge in [-0.05, 0) is 35.0 Å². The fourth-order valence-corrected chi connectivity index (χ4v) is 6.84. The average Bonchev–Trinajstić information content (AvgIpc) is 3.45. The number of fused-ring (bicyclic) bond motifs is 11. The molecule has 3 heteroatoms. The number of para-hydroxylation sites is 2. The summed E-state index contributed by atoms with van der Waals surface area (Å²) >= 11 is 1.87. The van der Waals surface area contributed by atoms with Crippen LogP contribution in [0.25, 0.3) is 69.3 Å². The first-order valence-electron chi connectivity index (χ1n) is 11.5. The summed E-state index contributed by atoms with van der Waals surface area (Å²) in [5.74, 6) is 0. The monoisotopic (exact) mass is 450 g/mol. The third-order valence-electron chi connectivity index (χ3n) is 7.01. The summed E-state index contributed by atoms with van der Waals surface area (Å²) in [6.07, 6.45) is 2.07. The van der Waals surface area contributed by atoms with Crippen LogP contribution in [0.15, 0.2) is 109 Å². The van der Waals surface area contributed by atoms with Crippen LogP contribution in [-0.4, -0.2) is 9.55 Å². The molecule has 0 aliphatic heterocycles. The highest BCUT2D eigenvalue weighted by molar-refractivity contribution is 7.27. The maximum atomic E-state index is 5.07. The zero-order chi connectivity index (χ0) is 22.2. The van der Waals surface area contributed by atoms with Crippen molar-refractivity contribution in [2.45, 2.75) is 0 Å². The van der Waals surface area contributed by atoms with Gasteiger partial charge in [0.15, 0.2) is 0 Å². The lowest BCUT2D eigenvalue weighted by Crippen LogP contribution is -1.94. The van der Waals surface area contributed by atoms with Crippen LogP contribution in [0.5, 0.6) is 0 Å². The number of nitrogens with zero attached hydrogens (tertiary/aromatic N) is 2. The van der Waals surface area contributed by atoms with E-state index in [4.69, 9.17) is 4.98 Å². The highest BCUT2D eigenvalue weighted by Crippen LogP contribution is 2.43. The van der Waals surface area contributed by atoms with Crippen molar-refractivity contribution in [2.24, 2.45) is 0 Å². The minimum Gasteiger partial charge on any atom is -0.309 e. The quantitative estimate of drug-likeness (QED) is 0.244. The van der Waals surface area contributed by atoms with Gasteiger partial charge in [-0.25, -0.2) is 0 Å². The Morgan fingerprint density at radius 2 is 1.24 bits per heavy atom. The van der Waals surface area contributed by atoms with Crippen molar-refractivity contribution in [2.75, 3.05) is 0 Å². The molecule has 0 radical (unpaired) electrons. The number of benzene rings is 5. The summed E-state index contributed by atoms with van der Waals surface area (Å²) in [6, 6.07) is 37.0. The molecule has 0 aliphatic carbocycles. The molecule has 0 atom stereocenters. The Bertz CT molecular complexity index is 2060. The summed E-state index contributed by atoms with van der Waals surface area (Å²) in [7, 11) is 0. The number of aromatic nitrogens is 2. The van der Waals surface area contributed by atoms with Crippen molar-refractivity contribution in [3.05, 3.63) is 109 Å². The van der Waals surface area contributed by atoms with Crippen molar-refractivity contribution in [3.63, 3.8) is 0 Å². The molecule has 0 aliphatic rings. The minimum atomic E-state index is 1.08. The van der Waals surface area contributed by atoms with Gasteiger partial charge in [0.1, 0.15) is 0 Å². The van der Waals surface area contributed by atoms with Crippen LogP contribution in [-0.2, 0) is 0 Å². The zero-order valence-corrected chi connectivity index (χ0v) is 19.0. The molecule has 158 valence electrons. The van der Waals surface area contributed by atoms with Crippen molar-refractivity contribution in [1.82, 2.24) is 9.55 Å². The maximum absolute atomic E-state index is 5.07. The first kappa shape index (κ1) is 18.2. The van der Waals surface area contributed by atoms with Crippen LogP contribution in [0.4, 0.5) is 0 Å². The van der Waals surface area contributed by atoms with E-state index >= 15 is 0 Å². The van der Waals surface area contributed by atoms with Crippen molar-refractivity contribution >= 4 is 75.0 Å². The summed E-state index contributed by atoms with van der Waals surface area (Å²) in [6.45, 7) is 0. The number of pyridine rings is 1. The Balaban J connectivity index is 1.58. The molecular weight excluding hydrogens is 432 g/mol. The van der Waals surface area contributed by atoms with Crippen LogP contribution >= 0.6 is 11.3 Å². The number of rotatable bonds is 1. The van der Waals surface area contributed by atoms with E-state index in [1.54, 1.807) is 0 Å². The van der Waals surface area contributed by atoms with Crippen molar-refractivity contribution in [1.29, 1.82) is 0 Å².